The van der Waals surface area contributed by atoms with Crippen LogP contribution in [0.5, 0.6) is 5.88 Å². The highest BCUT2D eigenvalue weighted by Gasteiger charge is 2.59. The van der Waals surface area contributed by atoms with E-state index in [0.29, 0.717) is 35.0 Å². The molecule has 4 rings (SSSR count). The minimum atomic E-state index is -0.716. The van der Waals surface area contributed by atoms with Crippen molar-refractivity contribution in [3.63, 3.8) is 0 Å². The van der Waals surface area contributed by atoms with Gasteiger partial charge in [-0.1, -0.05) is 0 Å². The van der Waals surface area contributed by atoms with Crippen molar-refractivity contribution in [3.05, 3.63) is 41.9 Å². The van der Waals surface area contributed by atoms with Gasteiger partial charge < -0.3 is 10.0 Å². The van der Waals surface area contributed by atoms with E-state index in [2.05, 4.69) is 34.4 Å². The van der Waals surface area contributed by atoms with Crippen LogP contribution in [0, 0.1) is 12.3 Å². The molecule has 0 radical (unpaired) electrons. The van der Waals surface area contributed by atoms with Crippen molar-refractivity contribution in [1.29, 1.82) is 0 Å². The van der Waals surface area contributed by atoms with Crippen LogP contribution in [0.25, 0.3) is 0 Å². The molecular weight excluding hydrogens is 422 g/mol. The number of carbonyl (C=O) groups is 1. The van der Waals surface area contributed by atoms with Crippen LogP contribution in [-0.4, -0.2) is 31.6 Å². The molecular formula is C20H20N4O2P2S. The molecule has 2 unspecified atom stereocenters. The monoisotopic (exact) mass is 442 g/mol. The summed E-state index contributed by atoms with van der Waals surface area (Å²) in [6, 6.07) is 5.09. The van der Waals surface area contributed by atoms with Gasteiger partial charge in [-0.3, -0.25) is 9.69 Å². The smallest absolute Gasteiger partial charge is 0.259 e. The van der Waals surface area contributed by atoms with Gasteiger partial charge in [0.15, 0.2) is 5.11 Å². The summed E-state index contributed by atoms with van der Waals surface area (Å²) < 4.78 is 0. The number of amides is 1. The van der Waals surface area contributed by atoms with Crippen molar-refractivity contribution in [2.75, 3.05) is 9.80 Å². The van der Waals surface area contributed by atoms with Gasteiger partial charge in [0.05, 0.1) is 23.8 Å². The molecule has 0 aromatic carbocycles. The van der Waals surface area contributed by atoms with Crippen LogP contribution in [0.15, 0.2) is 30.6 Å². The van der Waals surface area contributed by atoms with Gasteiger partial charge in [-0.15, -0.1) is 24.9 Å². The first-order valence-electron chi connectivity index (χ1n) is 9.08. The van der Waals surface area contributed by atoms with Gasteiger partial charge in [-0.05, 0) is 56.5 Å². The quantitative estimate of drug-likeness (QED) is 0.448. The highest BCUT2D eigenvalue weighted by atomic mass is 32.1. The Morgan fingerprint density at radius 3 is 2.48 bits per heavy atom. The van der Waals surface area contributed by atoms with Crippen molar-refractivity contribution in [2.45, 2.75) is 36.6 Å². The van der Waals surface area contributed by atoms with Gasteiger partial charge in [0.25, 0.3) is 5.91 Å². The number of rotatable bonds is 3. The third kappa shape index (κ3) is 3.11. The Morgan fingerprint density at radius 1 is 1.28 bits per heavy atom. The summed E-state index contributed by atoms with van der Waals surface area (Å²) in [5.41, 5.74) is 1.89. The lowest BCUT2D eigenvalue weighted by Crippen LogP contribution is -2.55. The summed E-state index contributed by atoms with van der Waals surface area (Å²) in [5, 5.41) is 9.91. The Morgan fingerprint density at radius 2 is 1.97 bits per heavy atom. The molecule has 6 nitrogen and oxygen atoms in total. The predicted molar refractivity (Wildman–Crippen MR) is 124 cm³/mol. The van der Waals surface area contributed by atoms with Gasteiger partial charge in [0.2, 0.25) is 5.88 Å². The molecule has 1 saturated heterocycles. The molecule has 0 bridgehead atoms. The number of anilines is 2. The van der Waals surface area contributed by atoms with Crippen molar-refractivity contribution in [1.82, 2.24) is 9.97 Å². The lowest BCUT2D eigenvalue weighted by Gasteiger charge is -2.42. The summed E-state index contributed by atoms with van der Waals surface area (Å²) in [5.74, 6) is 2.45. The first kappa shape index (κ1) is 20.2. The molecule has 1 saturated carbocycles. The zero-order valence-corrected chi connectivity index (χ0v) is 18.9. The molecule has 3 heterocycles. The maximum Gasteiger partial charge on any atom is 0.259 e. The molecule has 9 heteroatoms. The maximum absolute atomic E-state index is 13.5. The number of aromatic hydroxyl groups is 1. The van der Waals surface area contributed by atoms with E-state index in [1.165, 1.54) is 12.3 Å². The number of carbonyl (C=O) groups excluding carboxylic acids is 1. The van der Waals surface area contributed by atoms with Crippen LogP contribution in [-0.2, 0) is 9.69 Å². The number of nitrogens with zero attached hydrogens (tertiary/aromatic N) is 4. The second kappa shape index (κ2) is 6.99. The van der Waals surface area contributed by atoms with Crippen molar-refractivity contribution >= 4 is 53.1 Å². The largest absolute Gasteiger partial charge is 0.493 e. The third-order valence-corrected chi connectivity index (χ3v) is 6.42. The number of terminal acetylenes is 1. The van der Waals surface area contributed by atoms with Gasteiger partial charge in [0.1, 0.15) is 11.2 Å². The van der Waals surface area contributed by atoms with Crippen LogP contribution in [0.2, 0.25) is 0 Å². The molecule has 2 aliphatic rings. The number of aromatic nitrogens is 2. The van der Waals surface area contributed by atoms with E-state index in [1.807, 2.05) is 17.9 Å². The molecule has 1 amide bonds. The zero-order valence-electron chi connectivity index (χ0n) is 15.8. The van der Waals surface area contributed by atoms with E-state index in [1.54, 1.807) is 17.2 Å². The van der Waals surface area contributed by atoms with Gasteiger partial charge in [-0.25, -0.2) is 9.97 Å². The summed E-state index contributed by atoms with van der Waals surface area (Å²) >= 11 is 5.75. The fourth-order valence-electron chi connectivity index (χ4n) is 3.82. The molecule has 148 valence electrons. The van der Waals surface area contributed by atoms with Crippen LogP contribution < -0.4 is 9.80 Å². The molecule has 2 fully saturated rings. The zero-order chi connectivity index (χ0) is 21.0. The van der Waals surface area contributed by atoms with Crippen LogP contribution in [0.4, 0.5) is 11.4 Å². The molecule has 2 aromatic rings. The maximum atomic E-state index is 13.5. The highest BCUT2D eigenvalue weighted by molar-refractivity contribution is 7.81. The first-order valence-corrected chi connectivity index (χ1v) is 10.6. The first-order chi connectivity index (χ1) is 13.7. The van der Waals surface area contributed by atoms with Gasteiger partial charge in [-0.2, -0.15) is 0 Å². The van der Waals surface area contributed by atoms with Crippen molar-refractivity contribution < 1.29 is 9.90 Å². The van der Waals surface area contributed by atoms with Crippen LogP contribution in [0.1, 0.15) is 37.4 Å². The lowest BCUT2D eigenvalue weighted by molar-refractivity contribution is -0.123. The lowest BCUT2D eigenvalue weighted by atomic mass is 9.75. The Bertz CT molecular complexity index is 1060. The van der Waals surface area contributed by atoms with E-state index in [4.69, 9.17) is 18.6 Å². The summed E-state index contributed by atoms with van der Waals surface area (Å²) in [6.45, 7) is 1.98. The van der Waals surface area contributed by atoms with Crippen LogP contribution >= 0.6 is 30.7 Å². The summed E-state index contributed by atoms with van der Waals surface area (Å²) in [4.78, 5) is 24.9. The second-order valence-electron chi connectivity index (χ2n) is 7.53. The topological polar surface area (TPSA) is 69.6 Å². The van der Waals surface area contributed by atoms with E-state index in [9.17, 15) is 9.90 Å². The fraction of sp³-hybridized carbons (Fsp3) is 0.300. The van der Waals surface area contributed by atoms with Gasteiger partial charge >= 0.3 is 0 Å². The summed E-state index contributed by atoms with van der Waals surface area (Å²) in [7, 11) is 5.45. The van der Waals surface area contributed by atoms with Crippen LogP contribution in [0.3, 0.4) is 0 Å². The molecule has 1 spiro atoms. The van der Waals surface area contributed by atoms with Gasteiger partial charge in [0, 0.05) is 16.5 Å². The molecule has 1 aliphatic carbocycles. The minimum Gasteiger partial charge on any atom is -0.493 e. The number of hydrogen-bond acceptors (Lipinski definition) is 5. The van der Waals surface area contributed by atoms with E-state index in [-0.39, 0.29) is 11.8 Å². The average molecular weight is 442 g/mol. The Balaban J connectivity index is 1.82. The molecule has 2 aromatic heterocycles. The minimum absolute atomic E-state index is 0.0720. The SMILES string of the molecule is C#Cc1ncc(N2C(=O)C3(CCC3)N(c3ccc(O)nc3)C2=S)cc1C(C)(P)P. The van der Waals surface area contributed by atoms with Crippen molar-refractivity contribution in [3.8, 4) is 18.2 Å². The fourth-order valence-corrected chi connectivity index (χ4v) is 4.73. The number of pyridine rings is 2. The Kier molecular flexibility index (Phi) is 4.86. The second-order valence-corrected chi connectivity index (χ2v) is 11.0. The van der Waals surface area contributed by atoms with Crippen molar-refractivity contribution in [2.24, 2.45) is 0 Å². The van der Waals surface area contributed by atoms with E-state index < -0.39 is 10.4 Å². The number of thiocarbonyl (C=S) groups is 1. The Labute approximate surface area is 179 Å². The predicted octanol–water partition coefficient (Wildman–Crippen LogP) is 3.15. The van der Waals surface area contributed by atoms with E-state index >= 15 is 0 Å². The number of hydrogen-bond donors (Lipinski definition) is 1. The molecule has 1 aliphatic heterocycles. The van der Waals surface area contributed by atoms with E-state index in [0.717, 1.165) is 12.0 Å². The standard InChI is InChI=1S/C20H20N4O2P2S/c1-3-15-14(19(2,27)28)9-13(11-21-15)23-17(26)20(7-4-8-20)24(18(23)29)12-5-6-16(25)22-10-12/h1,5-6,9-11H,4,7-8,27-28H2,2H3,(H,22,25). The molecule has 1 N–H and O–H groups in total. The molecule has 2 atom stereocenters. The molecule has 29 heavy (non-hydrogen) atoms. The summed E-state index contributed by atoms with van der Waals surface area (Å²) in [6.07, 6.45) is 11.1. The highest BCUT2D eigenvalue weighted by Crippen LogP contribution is 2.48. The normalized spacial score (nSPS) is 18.1. The Hall–Kier alpha value is -2.12. The third-order valence-electron chi connectivity index (χ3n) is 5.43. The average Bonchev–Trinajstić information content (AvgIpc) is 2.88.